The maximum Gasteiger partial charge on any atom is 0.345 e. The van der Waals surface area contributed by atoms with Crippen molar-refractivity contribution in [3.8, 4) is 17.2 Å². The van der Waals surface area contributed by atoms with Crippen LogP contribution in [0.25, 0.3) is 11.1 Å². The standard InChI is InChI=1S/C25H25N3O3/c1-3-5-10-23-27-16-22(25(30)31-4-2)24(29)28(23)17-18-11-13-19(14-12-18)21-9-7-6-8-20(21)15-26/h6-9,11-14,16H,3-5,10,17H2,1-2H3. The Morgan fingerprint density at radius 1 is 1.13 bits per heavy atom. The number of aryl methyl sites for hydroxylation is 1. The summed E-state index contributed by atoms with van der Waals surface area (Å²) >= 11 is 0. The van der Waals surface area contributed by atoms with Crippen LogP contribution in [-0.2, 0) is 17.7 Å². The zero-order valence-corrected chi connectivity index (χ0v) is 17.8. The Morgan fingerprint density at radius 3 is 2.55 bits per heavy atom. The van der Waals surface area contributed by atoms with Crippen LogP contribution in [0, 0.1) is 11.3 Å². The van der Waals surface area contributed by atoms with Gasteiger partial charge in [-0.05, 0) is 36.1 Å². The second-order valence-corrected chi connectivity index (χ2v) is 7.16. The molecule has 1 aromatic heterocycles. The number of ether oxygens (including phenoxy) is 1. The molecule has 3 rings (SSSR count). The Balaban J connectivity index is 1.95. The van der Waals surface area contributed by atoms with Crippen LogP contribution >= 0.6 is 0 Å². The Kier molecular flexibility index (Phi) is 7.34. The van der Waals surface area contributed by atoms with Crippen LogP contribution in [0.2, 0.25) is 0 Å². The van der Waals surface area contributed by atoms with E-state index in [1.165, 1.54) is 6.20 Å². The summed E-state index contributed by atoms with van der Waals surface area (Å²) in [6.45, 7) is 4.28. The van der Waals surface area contributed by atoms with Gasteiger partial charge in [-0.3, -0.25) is 9.36 Å². The molecule has 0 N–H and O–H groups in total. The number of rotatable bonds is 8. The number of esters is 1. The normalized spacial score (nSPS) is 10.5. The molecule has 0 amide bonds. The van der Waals surface area contributed by atoms with E-state index in [-0.39, 0.29) is 12.2 Å². The average Bonchev–Trinajstić information content (AvgIpc) is 2.80. The lowest BCUT2D eigenvalue weighted by molar-refractivity contribution is 0.0522. The van der Waals surface area contributed by atoms with Gasteiger partial charge in [0.1, 0.15) is 11.4 Å². The Morgan fingerprint density at radius 2 is 1.87 bits per heavy atom. The summed E-state index contributed by atoms with van der Waals surface area (Å²) in [5, 5.41) is 9.34. The molecule has 6 heteroatoms. The molecule has 6 nitrogen and oxygen atoms in total. The topological polar surface area (TPSA) is 85.0 Å². The molecule has 31 heavy (non-hydrogen) atoms. The number of unbranched alkanes of at least 4 members (excludes halogenated alkanes) is 1. The van der Waals surface area contributed by atoms with Crippen LogP contribution in [0.1, 0.15) is 54.0 Å². The number of benzene rings is 2. The zero-order valence-electron chi connectivity index (χ0n) is 17.8. The molecule has 0 saturated carbocycles. The van der Waals surface area contributed by atoms with E-state index >= 15 is 0 Å². The molecule has 0 aliphatic carbocycles. The minimum atomic E-state index is -0.653. The smallest absolute Gasteiger partial charge is 0.345 e. The van der Waals surface area contributed by atoms with Crippen molar-refractivity contribution in [3.63, 3.8) is 0 Å². The molecule has 0 aliphatic rings. The lowest BCUT2D eigenvalue weighted by Crippen LogP contribution is -2.31. The van der Waals surface area contributed by atoms with Gasteiger partial charge in [0.15, 0.2) is 0 Å². The van der Waals surface area contributed by atoms with E-state index in [9.17, 15) is 14.9 Å². The Labute approximate surface area is 181 Å². The van der Waals surface area contributed by atoms with E-state index in [1.54, 1.807) is 17.6 Å². The molecule has 158 valence electrons. The predicted octanol–water partition coefficient (Wildman–Crippen LogP) is 4.35. The first-order chi connectivity index (χ1) is 15.1. The van der Waals surface area contributed by atoms with E-state index in [0.29, 0.717) is 24.4 Å². The summed E-state index contributed by atoms with van der Waals surface area (Å²) in [6.07, 6.45) is 3.85. The number of carbonyl (C=O) groups is 1. The first-order valence-electron chi connectivity index (χ1n) is 10.4. The summed E-state index contributed by atoms with van der Waals surface area (Å²) in [6, 6.07) is 17.4. The quantitative estimate of drug-likeness (QED) is 0.511. The maximum absolute atomic E-state index is 13.0. The third-order valence-electron chi connectivity index (χ3n) is 5.03. The van der Waals surface area contributed by atoms with Crippen molar-refractivity contribution in [2.75, 3.05) is 6.61 Å². The van der Waals surface area contributed by atoms with Gasteiger partial charge in [-0.25, -0.2) is 9.78 Å². The minimum Gasteiger partial charge on any atom is -0.462 e. The molecular formula is C25H25N3O3. The zero-order chi connectivity index (χ0) is 22.2. The highest BCUT2D eigenvalue weighted by Crippen LogP contribution is 2.23. The van der Waals surface area contributed by atoms with Crippen LogP contribution in [0.5, 0.6) is 0 Å². The van der Waals surface area contributed by atoms with E-state index in [4.69, 9.17) is 4.74 Å². The van der Waals surface area contributed by atoms with Crippen LogP contribution in [0.3, 0.4) is 0 Å². The maximum atomic E-state index is 13.0. The predicted molar refractivity (Wildman–Crippen MR) is 119 cm³/mol. The van der Waals surface area contributed by atoms with Crippen LogP contribution in [-0.4, -0.2) is 22.1 Å². The molecular weight excluding hydrogens is 390 g/mol. The number of nitrogens with zero attached hydrogens (tertiary/aromatic N) is 3. The van der Waals surface area contributed by atoms with Crippen molar-refractivity contribution >= 4 is 5.97 Å². The van der Waals surface area contributed by atoms with Gasteiger partial charge in [-0.15, -0.1) is 0 Å². The summed E-state index contributed by atoms with van der Waals surface area (Å²) in [7, 11) is 0. The number of nitriles is 1. The first kappa shape index (κ1) is 22.0. The molecule has 0 saturated heterocycles. The van der Waals surface area contributed by atoms with Crippen molar-refractivity contribution in [2.24, 2.45) is 0 Å². The van der Waals surface area contributed by atoms with E-state index in [0.717, 1.165) is 29.5 Å². The van der Waals surface area contributed by atoms with E-state index in [2.05, 4.69) is 18.0 Å². The van der Waals surface area contributed by atoms with Crippen LogP contribution < -0.4 is 5.56 Å². The molecule has 0 atom stereocenters. The van der Waals surface area contributed by atoms with E-state index < -0.39 is 11.5 Å². The van der Waals surface area contributed by atoms with Gasteiger partial charge in [-0.1, -0.05) is 55.8 Å². The Bertz CT molecular complexity index is 1160. The highest BCUT2D eigenvalue weighted by atomic mass is 16.5. The van der Waals surface area contributed by atoms with Gasteiger partial charge >= 0.3 is 5.97 Å². The molecule has 1 heterocycles. The highest BCUT2D eigenvalue weighted by Gasteiger charge is 2.17. The number of carbonyl (C=O) groups excluding carboxylic acids is 1. The largest absolute Gasteiger partial charge is 0.462 e. The first-order valence-corrected chi connectivity index (χ1v) is 10.4. The summed E-state index contributed by atoms with van der Waals surface area (Å²) < 4.78 is 6.56. The van der Waals surface area contributed by atoms with Crippen molar-refractivity contribution in [1.29, 1.82) is 5.26 Å². The fraction of sp³-hybridized carbons (Fsp3) is 0.280. The van der Waals surface area contributed by atoms with Gasteiger partial charge in [0.05, 0.1) is 24.8 Å². The SMILES string of the molecule is CCCCc1ncc(C(=O)OCC)c(=O)n1Cc1ccc(-c2ccccc2C#N)cc1. The van der Waals surface area contributed by atoms with E-state index in [1.807, 2.05) is 42.5 Å². The van der Waals surface area contributed by atoms with Gasteiger partial charge in [0.25, 0.3) is 5.56 Å². The molecule has 2 aromatic carbocycles. The third kappa shape index (κ3) is 5.07. The summed E-state index contributed by atoms with van der Waals surface area (Å²) in [4.78, 5) is 29.6. The average molecular weight is 415 g/mol. The van der Waals surface area contributed by atoms with Crippen molar-refractivity contribution in [2.45, 2.75) is 39.7 Å². The lowest BCUT2D eigenvalue weighted by Gasteiger charge is -2.14. The fourth-order valence-electron chi connectivity index (χ4n) is 3.38. The molecule has 0 unspecified atom stereocenters. The van der Waals surface area contributed by atoms with Gasteiger partial charge in [0.2, 0.25) is 0 Å². The molecule has 0 radical (unpaired) electrons. The number of hydrogen-bond donors (Lipinski definition) is 0. The van der Waals surface area contributed by atoms with Gasteiger partial charge in [-0.2, -0.15) is 5.26 Å². The van der Waals surface area contributed by atoms with Gasteiger partial charge < -0.3 is 4.74 Å². The second kappa shape index (κ2) is 10.4. The molecule has 0 aliphatic heterocycles. The Hall–Kier alpha value is -3.72. The summed E-state index contributed by atoms with van der Waals surface area (Å²) in [5.74, 6) is -0.00180. The molecule has 0 bridgehead atoms. The number of aromatic nitrogens is 2. The molecule has 0 fully saturated rings. The fourth-order valence-corrected chi connectivity index (χ4v) is 3.38. The van der Waals surface area contributed by atoms with Crippen LogP contribution in [0.15, 0.2) is 59.5 Å². The van der Waals surface area contributed by atoms with Crippen molar-refractivity contribution in [3.05, 3.63) is 87.6 Å². The lowest BCUT2D eigenvalue weighted by atomic mass is 9.99. The van der Waals surface area contributed by atoms with Gasteiger partial charge in [0, 0.05) is 12.6 Å². The van der Waals surface area contributed by atoms with Crippen molar-refractivity contribution < 1.29 is 9.53 Å². The summed E-state index contributed by atoms with van der Waals surface area (Å²) in [5.41, 5.74) is 2.86. The monoisotopic (exact) mass is 415 g/mol. The molecule has 3 aromatic rings. The minimum absolute atomic E-state index is 0.0540. The third-order valence-corrected chi connectivity index (χ3v) is 5.03. The molecule has 0 spiro atoms. The van der Waals surface area contributed by atoms with Crippen LogP contribution in [0.4, 0.5) is 0 Å². The highest BCUT2D eigenvalue weighted by molar-refractivity contribution is 5.88. The second-order valence-electron chi connectivity index (χ2n) is 7.16. The van der Waals surface area contributed by atoms with Crippen molar-refractivity contribution in [1.82, 2.24) is 9.55 Å². The number of hydrogen-bond acceptors (Lipinski definition) is 5.